The molecule has 0 amide bonds. The van der Waals surface area contributed by atoms with E-state index >= 15 is 0 Å². The number of rotatable bonds is 7. The van der Waals surface area contributed by atoms with Crippen molar-refractivity contribution in [2.45, 2.75) is 53.1 Å². The Bertz CT molecular complexity index is 554. The number of hydrogen-bond donors (Lipinski definition) is 1. The van der Waals surface area contributed by atoms with Gasteiger partial charge in [-0.05, 0) is 50.4 Å². The number of benzene rings is 1. The summed E-state index contributed by atoms with van der Waals surface area (Å²) in [5.41, 5.74) is 5.04. The maximum absolute atomic E-state index is 4.59. The molecule has 1 heterocycles. The summed E-state index contributed by atoms with van der Waals surface area (Å²) in [5, 5.41) is 8.26. The highest BCUT2D eigenvalue weighted by molar-refractivity contribution is 5.31. The van der Waals surface area contributed by atoms with Crippen LogP contribution in [0.3, 0.4) is 0 Å². The zero-order valence-electron chi connectivity index (χ0n) is 13.7. The molecule has 3 nitrogen and oxygen atoms in total. The van der Waals surface area contributed by atoms with E-state index in [-0.39, 0.29) is 6.04 Å². The predicted octanol–water partition coefficient (Wildman–Crippen LogP) is 3.86. The van der Waals surface area contributed by atoms with E-state index in [2.05, 4.69) is 73.1 Å². The minimum Gasteiger partial charge on any atom is -0.305 e. The van der Waals surface area contributed by atoms with Crippen LogP contribution in [0.1, 0.15) is 55.7 Å². The molecule has 3 heteroatoms. The van der Waals surface area contributed by atoms with Gasteiger partial charge in [-0.1, -0.05) is 38.1 Å². The van der Waals surface area contributed by atoms with E-state index in [1.54, 1.807) is 0 Å². The van der Waals surface area contributed by atoms with Crippen LogP contribution in [-0.4, -0.2) is 16.3 Å². The quantitative estimate of drug-likeness (QED) is 0.837. The van der Waals surface area contributed by atoms with Crippen molar-refractivity contribution in [3.05, 3.63) is 52.8 Å². The van der Waals surface area contributed by atoms with Gasteiger partial charge in [0.05, 0.1) is 17.4 Å². The summed E-state index contributed by atoms with van der Waals surface area (Å²) >= 11 is 0. The Labute approximate surface area is 128 Å². The lowest BCUT2D eigenvalue weighted by Gasteiger charge is -2.20. The largest absolute Gasteiger partial charge is 0.305 e. The van der Waals surface area contributed by atoms with E-state index in [9.17, 15) is 0 Å². The van der Waals surface area contributed by atoms with Gasteiger partial charge in [0, 0.05) is 6.54 Å². The third-order valence-corrected chi connectivity index (χ3v) is 3.85. The monoisotopic (exact) mass is 285 g/mol. The normalized spacial score (nSPS) is 12.6. The highest BCUT2D eigenvalue weighted by atomic mass is 15.3. The van der Waals surface area contributed by atoms with Crippen molar-refractivity contribution in [3.8, 4) is 0 Å². The van der Waals surface area contributed by atoms with Gasteiger partial charge in [-0.2, -0.15) is 5.10 Å². The van der Waals surface area contributed by atoms with Crippen molar-refractivity contribution in [1.29, 1.82) is 0 Å². The molecule has 2 aromatic rings. The molecular formula is C18H27N3. The molecule has 2 rings (SSSR count). The third-order valence-electron chi connectivity index (χ3n) is 3.85. The van der Waals surface area contributed by atoms with Crippen molar-refractivity contribution in [2.75, 3.05) is 6.54 Å². The van der Waals surface area contributed by atoms with Crippen molar-refractivity contribution in [3.63, 3.8) is 0 Å². The van der Waals surface area contributed by atoms with E-state index in [1.807, 2.05) is 0 Å². The van der Waals surface area contributed by atoms with E-state index in [1.165, 1.54) is 16.8 Å². The van der Waals surface area contributed by atoms with Crippen molar-refractivity contribution < 1.29 is 0 Å². The first-order valence-electron chi connectivity index (χ1n) is 8.06. The Morgan fingerprint density at radius 2 is 1.86 bits per heavy atom. The molecule has 21 heavy (non-hydrogen) atoms. The van der Waals surface area contributed by atoms with Crippen molar-refractivity contribution in [1.82, 2.24) is 15.1 Å². The molecule has 0 saturated carbocycles. The van der Waals surface area contributed by atoms with Crippen LogP contribution in [0.2, 0.25) is 0 Å². The lowest BCUT2D eigenvalue weighted by molar-refractivity contribution is 0.529. The number of aromatic nitrogens is 2. The average Bonchev–Trinajstić information content (AvgIpc) is 2.89. The Morgan fingerprint density at radius 1 is 1.14 bits per heavy atom. The lowest BCUT2D eigenvalue weighted by Crippen LogP contribution is -2.25. The fraction of sp³-hybridized carbons (Fsp3) is 0.500. The minimum atomic E-state index is 0.219. The van der Waals surface area contributed by atoms with Gasteiger partial charge in [-0.3, -0.25) is 4.68 Å². The first-order valence-corrected chi connectivity index (χ1v) is 8.06. The molecule has 0 aliphatic rings. The molecule has 0 radical (unpaired) electrons. The summed E-state index contributed by atoms with van der Waals surface area (Å²) in [6, 6.07) is 11.4. The molecule has 0 saturated heterocycles. The number of aryl methyl sites for hydroxylation is 3. The Hall–Kier alpha value is -1.61. The SMILES string of the molecule is CCCNC(c1ccc(CC)cc1)c1cc(C)nn1CC. The average molecular weight is 285 g/mol. The molecule has 0 fully saturated rings. The Morgan fingerprint density at radius 3 is 2.43 bits per heavy atom. The van der Waals surface area contributed by atoms with Crippen LogP contribution in [-0.2, 0) is 13.0 Å². The first kappa shape index (κ1) is 15.8. The van der Waals surface area contributed by atoms with E-state index in [4.69, 9.17) is 0 Å². The molecular weight excluding hydrogens is 258 g/mol. The second-order valence-electron chi connectivity index (χ2n) is 5.51. The van der Waals surface area contributed by atoms with Gasteiger partial charge in [0.1, 0.15) is 0 Å². The highest BCUT2D eigenvalue weighted by Gasteiger charge is 2.18. The lowest BCUT2D eigenvalue weighted by atomic mass is 10.0. The molecule has 0 aliphatic heterocycles. The Kier molecular flexibility index (Phi) is 5.57. The van der Waals surface area contributed by atoms with Crippen LogP contribution in [0.5, 0.6) is 0 Å². The zero-order valence-corrected chi connectivity index (χ0v) is 13.7. The molecule has 1 aromatic heterocycles. The smallest absolute Gasteiger partial charge is 0.0748 e. The van der Waals surface area contributed by atoms with Crippen LogP contribution in [0.15, 0.2) is 30.3 Å². The van der Waals surface area contributed by atoms with Gasteiger partial charge in [0.2, 0.25) is 0 Å². The Balaban J connectivity index is 2.36. The maximum atomic E-state index is 4.59. The number of nitrogens with zero attached hydrogens (tertiary/aromatic N) is 2. The minimum absolute atomic E-state index is 0.219. The van der Waals surface area contributed by atoms with Crippen LogP contribution in [0.4, 0.5) is 0 Å². The summed E-state index contributed by atoms with van der Waals surface area (Å²) in [6.07, 6.45) is 2.21. The first-order chi connectivity index (χ1) is 10.2. The summed E-state index contributed by atoms with van der Waals surface area (Å²) < 4.78 is 2.11. The van der Waals surface area contributed by atoms with E-state index in [0.29, 0.717) is 0 Å². The van der Waals surface area contributed by atoms with Gasteiger partial charge < -0.3 is 5.32 Å². The molecule has 1 N–H and O–H groups in total. The summed E-state index contributed by atoms with van der Waals surface area (Å²) in [5.74, 6) is 0. The zero-order chi connectivity index (χ0) is 15.2. The van der Waals surface area contributed by atoms with E-state index < -0.39 is 0 Å². The second-order valence-corrected chi connectivity index (χ2v) is 5.51. The number of hydrogen-bond acceptors (Lipinski definition) is 2. The van der Waals surface area contributed by atoms with Crippen LogP contribution in [0.25, 0.3) is 0 Å². The van der Waals surface area contributed by atoms with Crippen LogP contribution in [0, 0.1) is 6.92 Å². The molecule has 1 unspecified atom stereocenters. The van der Waals surface area contributed by atoms with Crippen molar-refractivity contribution >= 4 is 0 Å². The molecule has 1 aromatic carbocycles. The van der Waals surface area contributed by atoms with E-state index in [0.717, 1.165) is 31.6 Å². The summed E-state index contributed by atoms with van der Waals surface area (Å²) in [6.45, 7) is 10.5. The topological polar surface area (TPSA) is 29.9 Å². The predicted molar refractivity (Wildman–Crippen MR) is 88.6 cm³/mol. The third kappa shape index (κ3) is 3.73. The summed E-state index contributed by atoms with van der Waals surface area (Å²) in [4.78, 5) is 0. The summed E-state index contributed by atoms with van der Waals surface area (Å²) in [7, 11) is 0. The van der Waals surface area contributed by atoms with Gasteiger partial charge in [-0.25, -0.2) is 0 Å². The van der Waals surface area contributed by atoms with Gasteiger partial charge in [0.15, 0.2) is 0 Å². The highest BCUT2D eigenvalue weighted by Crippen LogP contribution is 2.23. The van der Waals surface area contributed by atoms with Gasteiger partial charge >= 0.3 is 0 Å². The molecule has 0 bridgehead atoms. The standard InChI is InChI=1S/C18H27N3/c1-5-12-19-18(16-10-8-15(6-2)9-11-16)17-13-14(4)20-21(17)7-3/h8-11,13,18-19H,5-7,12H2,1-4H3. The van der Waals surface area contributed by atoms with Gasteiger partial charge in [-0.15, -0.1) is 0 Å². The van der Waals surface area contributed by atoms with Gasteiger partial charge in [0.25, 0.3) is 0 Å². The molecule has 114 valence electrons. The van der Waals surface area contributed by atoms with Crippen LogP contribution >= 0.6 is 0 Å². The fourth-order valence-electron chi connectivity index (χ4n) is 2.68. The van der Waals surface area contributed by atoms with Crippen LogP contribution < -0.4 is 5.32 Å². The number of nitrogens with one attached hydrogen (secondary N) is 1. The second kappa shape index (κ2) is 7.41. The molecule has 0 spiro atoms. The van der Waals surface area contributed by atoms with Crippen molar-refractivity contribution in [2.24, 2.45) is 0 Å². The fourth-order valence-corrected chi connectivity index (χ4v) is 2.68. The maximum Gasteiger partial charge on any atom is 0.0748 e. The molecule has 1 atom stereocenters. The molecule has 0 aliphatic carbocycles.